The fourth-order valence-electron chi connectivity index (χ4n) is 3.87. The van der Waals surface area contributed by atoms with Gasteiger partial charge in [-0.25, -0.2) is 14.2 Å². The minimum atomic E-state index is -0.561. The number of piperazine rings is 1. The van der Waals surface area contributed by atoms with E-state index in [0.717, 1.165) is 6.42 Å². The van der Waals surface area contributed by atoms with Crippen molar-refractivity contribution in [2.45, 2.75) is 39.7 Å². The number of hydrogen-bond donors (Lipinski definition) is 1. The molecule has 0 bridgehead atoms. The molecular weight excluding hydrogens is 481 g/mol. The van der Waals surface area contributed by atoms with Gasteiger partial charge in [0.1, 0.15) is 16.7 Å². The van der Waals surface area contributed by atoms with Crippen LogP contribution in [0.3, 0.4) is 0 Å². The summed E-state index contributed by atoms with van der Waals surface area (Å²) in [6, 6.07) is 2.87. The van der Waals surface area contributed by atoms with Crippen molar-refractivity contribution in [1.29, 1.82) is 0 Å². The maximum Gasteiger partial charge on any atom is 0.410 e. The molecule has 1 N–H and O–H groups in total. The van der Waals surface area contributed by atoms with Crippen molar-refractivity contribution in [3.8, 4) is 5.88 Å². The molecule has 1 aromatic carbocycles. The Morgan fingerprint density at radius 2 is 1.89 bits per heavy atom. The van der Waals surface area contributed by atoms with Gasteiger partial charge in [0.15, 0.2) is 5.82 Å². The molecule has 37 heavy (non-hydrogen) atoms. The molecule has 1 fully saturated rings. The monoisotopic (exact) mass is 513 g/mol. The highest BCUT2D eigenvalue weighted by molar-refractivity contribution is 6.06. The topological polar surface area (TPSA) is 115 Å². The molecule has 198 valence electrons. The van der Waals surface area contributed by atoms with Gasteiger partial charge in [-0.2, -0.15) is 10.1 Å². The van der Waals surface area contributed by atoms with Gasteiger partial charge < -0.3 is 24.6 Å². The van der Waals surface area contributed by atoms with Gasteiger partial charge in [0, 0.05) is 56.7 Å². The van der Waals surface area contributed by atoms with Crippen LogP contribution in [0.25, 0.3) is 10.9 Å². The van der Waals surface area contributed by atoms with Gasteiger partial charge in [0.05, 0.1) is 6.61 Å². The molecule has 11 nitrogen and oxygen atoms in total. The van der Waals surface area contributed by atoms with Crippen LogP contribution in [0.1, 0.15) is 44.5 Å². The van der Waals surface area contributed by atoms with Crippen molar-refractivity contribution in [2.24, 2.45) is 7.05 Å². The average Bonchev–Trinajstić information content (AvgIpc) is 3.22. The first-order valence-electron chi connectivity index (χ1n) is 12.2. The number of anilines is 2. The van der Waals surface area contributed by atoms with E-state index in [1.54, 1.807) is 24.2 Å². The molecule has 0 saturated carbocycles. The van der Waals surface area contributed by atoms with Crippen molar-refractivity contribution in [3.05, 3.63) is 35.9 Å². The number of halogens is 1. The van der Waals surface area contributed by atoms with E-state index in [1.807, 2.05) is 32.6 Å². The number of hydrogen-bond acceptors (Lipinski definition) is 8. The Hall–Kier alpha value is -3.96. The van der Waals surface area contributed by atoms with Crippen molar-refractivity contribution < 1.29 is 23.5 Å². The van der Waals surface area contributed by atoms with Crippen LogP contribution in [0.2, 0.25) is 0 Å². The normalized spacial score (nSPS) is 14.1. The minimum absolute atomic E-state index is 0.135. The lowest BCUT2D eigenvalue weighted by atomic mass is 10.2. The summed E-state index contributed by atoms with van der Waals surface area (Å²) in [5.41, 5.74) is 0.0874. The number of nitrogens with one attached hydrogen (secondary N) is 1. The van der Waals surface area contributed by atoms with E-state index in [4.69, 9.17) is 9.47 Å². The van der Waals surface area contributed by atoms with E-state index in [2.05, 4.69) is 20.4 Å². The minimum Gasteiger partial charge on any atom is -0.477 e. The maximum absolute atomic E-state index is 14.5. The summed E-state index contributed by atoms with van der Waals surface area (Å²) in [7, 11) is 1.70. The van der Waals surface area contributed by atoms with Crippen molar-refractivity contribution in [1.82, 2.24) is 24.6 Å². The van der Waals surface area contributed by atoms with E-state index < -0.39 is 17.3 Å². The zero-order valence-electron chi connectivity index (χ0n) is 21.7. The van der Waals surface area contributed by atoms with E-state index >= 15 is 0 Å². The van der Waals surface area contributed by atoms with Crippen molar-refractivity contribution in [3.63, 3.8) is 0 Å². The Bertz CT molecular complexity index is 1300. The van der Waals surface area contributed by atoms with E-state index in [1.165, 1.54) is 16.9 Å². The molecule has 4 rings (SSSR count). The predicted molar refractivity (Wildman–Crippen MR) is 136 cm³/mol. The molecule has 1 aliphatic heterocycles. The summed E-state index contributed by atoms with van der Waals surface area (Å²) in [6.07, 6.45) is 3.44. The van der Waals surface area contributed by atoms with Crippen LogP contribution >= 0.6 is 0 Å². The summed E-state index contributed by atoms with van der Waals surface area (Å²) in [4.78, 5) is 37.9. The van der Waals surface area contributed by atoms with Gasteiger partial charge in [-0.15, -0.1) is 0 Å². The van der Waals surface area contributed by atoms with E-state index in [-0.39, 0.29) is 28.7 Å². The smallest absolute Gasteiger partial charge is 0.410 e. The lowest BCUT2D eigenvalue weighted by molar-refractivity contribution is 0.0240. The molecule has 12 heteroatoms. The quantitative estimate of drug-likeness (QED) is 0.532. The lowest BCUT2D eigenvalue weighted by Crippen LogP contribution is -2.50. The largest absolute Gasteiger partial charge is 0.477 e. The molecule has 1 saturated heterocycles. The number of amides is 2. The first-order valence-corrected chi connectivity index (χ1v) is 12.2. The number of ether oxygens (including phenoxy) is 2. The summed E-state index contributed by atoms with van der Waals surface area (Å²) in [6.45, 7) is 9.71. The third kappa shape index (κ3) is 6.25. The molecule has 1 aliphatic rings. The number of fused-ring (bicyclic) bond motifs is 1. The number of aromatic nitrogens is 4. The molecule has 0 spiro atoms. The average molecular weight is 514 g/mol. The number of aryl methyl sites for hydroxylation is 1. The zero-order chi connectivity index (χ0) is 26.7. The Morgan fingerprint density at radius 1 is 1.16 bits per heavy atom. The van der Waals surface area contributed by atoms with Gasteiger partial charge in [-0.05, 0) is 39.3 Å². The van der Waals surface area contributed by atoms with Crippen LogP contribution in [0.4, 0.5) is 20.8 Å². The Labute approximate surface area is 214 Å². The number of carbonyl (C=O) groups is 2. The highest BCUT2D eigenvalue weighted by atomic mass is 19.1. The van der Waals surface area contributed by atoms with Crippen LogP contribution in [0.15, 0.2) is 24.5 Å². The summed E-state index contributed by atoms with van der Waals surface area (Å²) >= 11 is 0. The maximum atomic E-state index is 14.5. The Balaban J connectivity index is 1.49. The summed E-state index contributed by atoms with van der Waals surface area (Å²) in [5, 5.41) is 7.35. The first-order chi connectivity index (χ1) is 17.5. The lowest BCUT2D eigenvalue weighted by Gasteiger charge is -2.35. The first kappa shape index (κ1) is 26.1. The van der Waals surface area contributed by atoms with Crippen LogP contribution in [0, 0.1) is 5.82 Å². The second-order valence-corrected chi connectivity index (χ2v) is 9.84. The SMILES string of the molecule is CCCOc1nc(N2CCN(C(=O)OC(C)(C)C)CC2)ncc1C(=O)Nc1cc(F)c2nn(C)cc2c1. The van der Waals surface area contributed by atoms with Crippen LogP contribution in [0.5, 0.6) is 5.88 Å². The van der Waals surface area contributed by atoms with Crippen LogP contribution in [-0.2, 0) is 11.8 Å². The molecule has 2 aromatic heterocycles. The third-order valence-electron chi connectivity index (χ3n) is 5.58. The van der Waals surface area contributed by atoms with E-state index in [0.29, 0.717) is 44.1 Å². The van der Waals surface area contributed by atoms with Gasteiger partial charge in [-0.3, -0.25) is 9.48 Å². The Morgan fingerprint density at radius 3 is 2.57 bits per heavy atom. The van der Waals surface area contributed by atoms with Crippen molar-refractivity contribution >= 4 is 34.5 Å². The fraction of sp³-hybridized carbons (Fsp3) is 0.480. The standard InChI is InChI=1S/C25H32FN7O4/c1-6-11-36-22-18(21(34)28-17-12-16-15-31(5)30-20(16)19(26)13-17)14-27-23(29-22)32-7-9-33(10-8-32)24(35)37-25(2,3)4/h12-15H,6-11H2,1-5H3,(H,28,34). The molecule has 0 atom stereocenters. The zero-order valence-corrected chi connectivity index (χ0v) is 21.7. The van der Waals surface area contributed by atoms with Gasteiger partial charge in [0.2, 0.25) is 11.8 Å². The van der Waals surface area contributed by atoms with Crippen LogP contribution < -0.4 is 15.0 Å². The number of carbonyl (C=O) groups excluding carboxylic acids is 2. The van der Waals surface area contributed by atoms with Crippen LogP contribution in [-0.4, -0.2) is 75.0 Å². The van der Waals surface area contributed by atoms with Gasteiger partial charge in [0.25, 0.3) is 5.91 Å². The predicted octanol–water partition coefficient (Wildman–Crippen LogP) is 3.60. The summed E-state index contributed by atoms with van der Waals surface area (Å²) in [5.74, 6) is -0.515. The van der Waals surface area contributed by atoms with E-state index in [9.17, 15) is 14.0 Å². The third-order valence-corrected chi connectivity index (χ3v) is 5.58. The molecule has 0 unspecified atom stereocenters. The molecule has 2 amide bonds. The molecule has 0 aliphatic carbocycles. The number of benzene rings is 1. The Kier molecular flexibility index (Phi) is 7.46. The fourth-order valence-corrected chi connectivity index (χ4v) is 3.87. The van der Waals surface area contributed by atoms with Gasteiger partial charge in [-0.1, -0.05) is 6.92 Å². The van der Waals surface area contributed by atoms with Gasteiger partial charge >= 0.3 is 6.09 Å². The molecule has 3 heterocycles. The molecule has 0 radical (unpaired) electrons. The highest BCUT2D eigenvalue weighted by Gasteiger charge is 2.28. The second-order valence-electron chi connectivity index (χ2n) is 9.84. The number of rotatable bonds is 6. The number of nitrogens with zero attached hydrogens (tertiary/aromatic N) is 6. The van der Waals surface area contributed by atoms with Crippen molar-refractivity contribution in [2.75, 3.05) is 43.0 Å². The summed E-state index contributed by atoms with van der Waals surface area (Å²) < 4.78 is 27.2. The molecule has 3 aromatic rings. The highest BCUT2D eigenvalue weighted by Crippen LogP contribution is 2.25. The molecular formula is C25H32FN7O4. The second kappa shape index (κ2) is 10.6.